The van der Waals surface area contributed by atoms with Crippen LogP contribution in [-0.4, -0.2) is 20.3 Å². The molecule has 0 saturated heterocycles. The summed E-state index contributed by atoms with van der Waals surface area (Å²) >= 11 is 0. The van der Waals surface area contributed by atoms with Gasteiger partial charge in [-0.3, -0.25) is 0 Å². The maximum Gasteiger partial charge on any atom is 0.395 e. The summed E-state index contributed by atoms with van der Waals surface area (Å²) in [6.45, 7) is 1.26. The summed E-state index contributed by atoms with van der Waals surface area (Å²) in [5.74, 6) is -1.54. The highest BCUT2D eigenvalue weighted by Gasteiger charge is 2.49. The second-order valence-electron chi connectivity index (χ2n) is 3.06. The van der Waals surface area contributed by atoms with Gasteiger partial charge in [0.15, 0.2) is 0 Å². The van der Waals surface area contributed by atoms with E-state index in [0.717, 1.165) is 0 Å². The Balaban J connectivity index is 4.67. The Morgan fingerprint density at radius 2 is 1.50 bits per heavy atom. The lowest BCUT2D eigenvalue weighted by atomic mass is 9.96. The third-order valence-corrected chi connectivity index (χ3v) is 2.37. The summed E-state index contributed by atoms with van der Waals surface area (Å²) in [6.07, 6.45) is -4.72. The van der Waals surface area contributed by atoms with Crippen molar-refractivity contribution in [3.8, 4) is 0 Å². The van der Waals surface area contributed by atoms with Crippen LogP contribution in [0.2, 0.25) is 0 Å². The minimum absolute atomic E-state index is 0.629. The molecule has 0 aromatic rings. The van der Waals surface area contributed by atoms with Crippen LogP contribution in [0.15, 0.2) is 0 Å². The highest BCUT2D eigenvalue weighted by atomic mass is 32.3. The molecule has 0 radical (unpaired) electrons. The molecule has 0 heterocycles. The van der Waals surface area contributed by atoms with Gasteiger partial charge in [-0.15, -0.1) is 3.89 Å². The fraction of sp³-hybridized carbons (Fsp3) is 1.00. The lowest BCUT2D eigenvalue weighted by molar-refractivity contribution is -0.203. The molecule has 0 aliphatic carbocycles. The van der Waals surface area contributed by atoms with Crippen molar-refractivity contribution in [1.82, 2.24) is 0 Å². The highest BCUT2D eigenvalue weighted by Crippen LogP contribution is 2.38. The van der Waals surface area contributed by atoms with Gasteiger partial charge < -0.3 is 0 Å². The van der Waals surface area contributed by atoms with Crippen LogP contribution >= 0.6 is 0 Å². The molecule has 74 valence electrons. The number of alkyl halides is 3. The first-order chi connectivity index (χ1) is 4.96. The van der Waals surface area contributed by atoms with E-state index in [1.54, 1.807) is 0 Å². The van der Waals surface area contributed by atoms with Crippen molar-refractivity contribution in [3.63, 3.8) is 0 Å². The van der Waals surface area contributed by atoms with Crippen molar-refractivity contribution in [2.24, 2.45) is 5.41 Å². The van der Waals surface area contributed by atoms with E-state index in [4.69, 9.17) is 0 Å². The Morgan fingerprint density at radius 3 is 1.58 bits per heavy atom. The van der Waals surface area contributed by atoms with E-state index in [-0.39, 0.29) is 0 Å². The maximum absolute atomic E-state index is 11.9. The second-order valence-corrected chi connectivity index (χ2v) is 4.43. The first kappa shape index (κ1) is 11.7. The van der Waals surface area contributed by atoms with Gasteiger partial charge in [-0.05, 0) is 0 Å². The minimum atomic E-state index is -5.08. The van der Waals surface area contributed by atoms with Crippen molar-refractivity contribution in [2.75, 3.05) is 5.75 Å². The van der Waals surface area contributed by atoms with Crippen LogP contribution in [0, 0.1) is 5.41 Å². The van der Waals surface area contributed by atoms with E-state index in [9.17, 15) is 25.5 Å². The van der Waals surface area contributed by atoms with Gasteiger partial charge >= 0.3 is 16.4 Å². The van der Waals surface area contributed by atoms with Crippen molar-refractivity contribution in [1.29, 1.82) is 0 Å². The van der Waals surface area contributed by atoms with Crippen molar-refractivity contribution in [3.05, 3.63) is 0 Å². The van der Waals surface area contributed by atoms with Gasteiger partial charge in [0.1, 0.15) is 0 Å². The number of rotatable bonds is 2. The molecule has 0 aliphatic heterocycles. The zero-order valence-corrected chi connectivity index (χ0v) is 7.26. The van der Waals surface area contributed by atoms with Gasteiger partial charge in [0.2, 0.25) is 0 Å². The molecule has 0 aromatic carbocycles. The molecule has 0 aromatic heterocycles. The average molecular weight is 208 g/mol. The van der Waals surface area contributed by atoms with Crippen LogP contribution in [0.3, 0.4) is 0 Å². The third-order valence-electron chi connectivity index (χ3n) is 1.30. The van der Waals surface area contributed by atoms with E-state index in [1.165, 1.54) is 0 Å². The van der Waals surface area contributed by atoms with Gasteiger partial charge in [0.05, 0.1) is 11.2 Å². The maximum atomic E-state index is 11.9. The highest BCUT2D eigenvalue weighted by molar-refractivity contribution is 7.86. The first-order valence-electron chi connectivity index (χ1n) is 2.95. The second kappa shape index (κ2) is 2.86. The third kappa shape index (κ3) is 3.38. The Hall–Kier alpha value is -0.330. The fourth-order valence-corrected chi connectivity index (χ4v) is 1.54. The van der Waals surface area contributed by atoms with E-state index < -0.39 is 27.6 Å². The van der Waals surface area contributed by atoms with Gasteiger partial charge in [0.25, 0.3) is 0 Å². The molecule has 0 N–H and O–H groups in total. The smallest absolute Gasteiger partial charge is 0.195 e. The molecule has 0 saturated carbocycles. The topological polar surface area (TPSA) is 34.1 Å². The van der Waals surface area contributed by atoms with Crippen LogP contribution < -0.4 is 0 Å². The number of hydrogen-bond donors (Lipinski definition) is 0. The molecule has 12 heavy (non-hydrogen) atoms. The molecule has 0 aliphatic rings. The molecule has 0 spiro atoms. The zero-order chi connectivity index (χ0) is 10.2. The summed E-state index contributed by atoms with van der Waals surface area (Å²) in [5.41, 5.74) is -2.54. The number of hydrogen-bond acceptors (Lipinski definition) is 2. The monoisotopic (exact) mass is 208 g/mol. The first-order valence-corrected chi connectivity index (χ1v) is 4.50. The normalized spacial score (nSPS) is 14.8. The molecule has 0 atom stereocenters. The summed E-state index contributed by atoms with van der Waals surface area (Å²) < 4.78 is 67.5. The molecule has 0 rings (SSSR count). The lowest BCUT2D eigenvalue weighted by Gasteiger charge is -2.25. The van der Waals surface area contributed by atoms with E-state index in [1.807, 2.05) is 0 Å². The molecule has 7 heteroatoms. The van der Waals surface area contributed by atoms with Gasteiger partial charge in [-0.25, -0.2) is 0 Å². The van der Waals surface area contributed by atoms with Gasteiger partial charge in [-0.1, -0.05) is 13.8 Å². The van der Waals surface area contributed by atoms with Crippen LogP contribution in [-0.2, 0) is 10.2 Å². The summed E-state index contributed by atoms with van der Waals surface area (Å²) in [7, 11) is -5.08. The Labute approximate surface area is 67.8 Å². The number of halogens is 4. The van der Waals surface area contributed by atoms with Crippen molar-refractivity contribution in [2.45, 2.75) is 20.0 Å². The zero-order valence-electron chi connectivity index (χ0n) is 6.44. The molecule has 2 nitrogen and oxygen atoms in total. The van der Waals surface area contributed by atoms with Gasteiger partial charge in [-0.2, -0.15) is 21.6 Å². The summed E-state index contributed by atoms with van der Waals surface area (Å²) in [6, 6.07) is 0. The predicted octanol–water partition coefficient (Wildman–Crippen LogP) is 1.87. The average Bonchev–Trinajstić information content (AvgIpc) is 1.52. The standard InChI is InChI=1S/C5H8F4O2S/c1-4(2,5(6,7)8)3-12(9,10)11/h3H2,1-2H3. The Kier molecular flexibility index (Phi) is 2.78. The van der Waals surface area contributed by atoms with Crippen LogP contribution in [0.1, 0.15) is 13.8 Å². The quantitative estimate of drug-likeness (QED) is 0.512. The molecule has 0 fully saturated rings. The van der Waals surface area contributed by atoms with E-state index in [0.29, 0.717) is 13.8 Å². The lowest BCUT2D eigenvalue weighted by Crippen LogP contribution is -2.37. The predicted molar refractivity (Wildman–Crippen MR) is 34.7 cm³/mol. The minimum Gasteiger partial charge on any atom is -0.195 e. The summed E-state index contributed by atoms with van der Waals surface area (Å²) in [5, 5.41) is 0. The Morgan fingerprint density at radius 1 is 1.17 bits per heavy atom. The van der Waals surface area contributed by atoms with Crippen molar-refractivity contribution >= 4 is 10.2 Å². The van der Waals surface area contributed by atoms with E-state index in [2.05, 4.69) is 0 Å². The Bertz CT molecular complexity index is 251. The van der Waals surface area contributed by atoms with Gasteiger partial charge in [0, 0.05) is 0 Å². The molecule has 0 amide bonds. The molecule has 0 unspecified atom stereocenters. The van der Waals surface area contributed by atoms with Crippen LogP contribution in [0.5, 0.6) is 0 Å². The fourth-order valence-electron chi connectivity index (χ4n) is 0.513. The SMILES string of the molecule is CC(C)(CS(=O)(=O)F)C(F)(F)F. The van der Waals surface area contributed by atoms with Crippen LogP contribution in [0.4, 0.5) is 17.1 Å². The summed E-state index contributed by atoms with van der Waals surface area (Å²) in [4.78, 5) is 0. The van der Waals surface area contributed by atoms with Crippen LogP contribution in [0.25, 0.3) is 0 Å². The molecular formula is C5H8F4O2S. The largest absolute Gasteiger partial charge is 0.395 e. The molecule has 0 bridgehead atoms. The molecular weight excluding hydrogens is 200 g/mol. The van der Waals surface area contributed by atoms with E-state index >= 15 is 0 Å². The van der Waals surface area contributed by atoms with Crippen molar-refractivity contribution < 1.29 is 25.5 Å².